The van der Waals surface area contributed by atoms with Crippen LogP contribution in [0.25, 0.3) is 22.4 Å². The second-order valence-electron chi connectivity index (χ2n) is 7.83. The zero-order chi connectivity index (χ0) is 22.3. The predicted octanol–water partition coefficient (Wildman–Crippen LogP) is 2.65. The Bertz CT molecular complexity index is 1160. The summed E-state index contributed by atoms with van der Waals surface area (Å²) in [5.41, 5.74) is 5.36. The lowest BCUT2D eigenvalue weighted by molar-refractivity contribution is -0.122. The van der Waals surface area contributed by atoms with E-state index in [1.165, 1.54) is 5.56 Å². The molecule has 1 aliphatic rings. The Hall–Kier alpha value is -3.56. The van der Waals surface area contributed by atoms with Crippen LogP contribution < -0.4 is 0 Å². The average molecular weight is 435 g/mol. The third-order valence-corrected chi connectivity index (χ3v) is 5.50. The number of hydrogen-bond acceptors (Lipinski definition) is 7. The number of hydrogen-bond donors (Lipinski definition) is 2. The fourth-order valence-electron chi connectivity index (χ4n) is 3.78. The number of rotatable bonds is 5. The lowest BCUT2D eigenvalue weighted by Gasteiger charge is -2.32. The number of H-pyrrole nitrogens is 1. The van der Waals surface area contributed by atoms with Crippen molar-refractivity contribution in [3.63, 3.8) is 0 Å². The summed E-state index contributed by atoms with van der Waals surface area (Å²) in [4.78, 5) is 25.2. The molecule has 4 aromatic rings. The summed E-state index contributed by atoms with van der Waals surface area (Å²) < 4.78 is 5.52. The lowest BCUT2D eigenvalue weighted by Crippen LogP contribution is -2.43. The van der Waals surface area contributed by atoms with E-state index in [0.29, 0.717) is 18.1 Å². The maximum Gasteiger partial charge on any atom is 0.290 e. The Kier molecular flexibility index (Phi) is 6.88. The lowest BCUT2D eigenvalue weighted by atomic mass is 10.1. The number of aromatic nitrogens is 4. The smallest absolute Gasteiger partial charge is 0.290 e. The SMILES string of the molecule is CN1CCN(Cc2cccc(-c3noc(Cc4ccc5nc[nH]c5c4)n3)c2)CC1.O=CO. The zero-order valence-corrected chi connectivity index (χ0v) is 17.9. The molecule has 0 bridgehead atoms. The molecule has 9 nitrogen and oxygen atoms in total. The van der Waals surface area contributed by atoms with Crippen LogP contribution in [0.3, 0.4) is 0 Å². The first-order chi connectivity index (χ1) is 15.6. The Balaban J connectivity index is 0.000000775. The molecule has 0 spiro atoms. The molecule has 2 aromatic heterocycles. The van der Waals surface area contributed by atoms with Gasteiger partial charge < -0.3 is 19.5 Å². The summed E-state index contributed by atoms with van der Waals surface area (Å²) in [5.74, 6) is 1.26. The number of nitrogens with zero attached hydrogens (tertiary/aromatic N) is 5. The number of carboxylic acid groups (broad SMARTS) is 1. The molecule has 0 aliphatic carbocycles. The number of likely N-dealkylation sites (N-methyl/N-ethyl adjacent to an activating group) is 1. The summed E-state index contributed by atoms with van der Waals surface area (Å²) >= 11 is 0. The summed E-state index contributed by atoms with van der Waals surface area (Å²) in [7, 11) is 2.18. The van der Waals surface area contributed by atoms with Gasteiger partial charge in [0.15, 0.2) is 0 Å². The van der Waals surface area contributed by atoms with Gasteiger partial charge in [0.25, 0.3) is 6.47 Å². The van der Waals surface area contributed by atoms with Crippen molar-refractivity contribution in [2.75, 3.05) is 33.2 Å². The van der Waals surface area contributed by atoms with Gasteiger partial charge in [0, 0.05) is 38.3 Å². The van der Waals surface area contributed by atoms with Crippen molar-refractivity contribution in [3.8, 4) is 11.4 Å². The van der Waals surface area contributed by atoms with Gasteiger partial charge in [-0.3, -0.25) is 9.69 Å². The highest BCUT2D eigenvalue weighted by Crippen LogP contribution is 2.20. The molecule has 0 unspecified atom stereocenters. The highest BCUT2D eigenvalue weighted by Gasteiger charge is 2.15. The standard InChI is InChI=1S/C22H24N6O.CH2O2/c1-27-7-9-28(10-8-27)14-17-3-2-4-18(11-17)22-25-21(29-26-22)13-16-5-6-19-20(12-16)24-15-23-19;2-1-3/h2-6,11-12,15H,7-10,13-14H2,1H3,(H,23,24);1H,(H,2,3). The van der Waals surface area contributed by atoms with Gasteiger partial charge in [0.1, 0.15) is 0 Å². The molecular formula is C23H26N6O3. The van der Waals surface area contributed by atoms with Gasteiger partial charge >= 0.3 is 0 Å². The number of aromatic amines is 1. The van der Waals surface area contributed by atoms with Crippen LogP contribution >= 0.6 is 0 Å². The number of benzene rings is 2. The molecule has 9 heteroatoms. The second-order valence-corrected chi connectivity index (χ2v) is 7.83. The van der Waals surface area contributed by atoms with Crippen LogP contribution in [0.4, 0.5) is 0 Å². The van der Waals surface area contributed by atoms with E-state index in [9.17, 15) is 0 Å². The van der Waals surface area contributed by atoms with Crippen molar-refractivity contribution in [1.29, 1.82) is 0 Å². The molecule has 0 radical (unpaired) electrons. The van der Waals surface area contributed by atoms with Crippen LogP contribution in [0, 0.1) is 0 Å². The quantitative estimate of drug-likeness (QED) is 0.461. The number of fused-ring (bicyclic) bond motifs is 1. The predicted molar refractivity (Wildman–Crippen MR) is 120 cm³/mol. The van der Waals surface area contributed by atoms with Gasteiger partial charge in [-0.05, 0) is 36.4 Å². The summed E-state index contributed by atoms with van der Waals surface area (Å²) in [6.07, 6.45) is 2.30. The van der Waals surface area contributed by atoms with E-state index in [-0.39, 0.29) is 6.47 Å². The fourth-order valence-corrected chi connectivity index (χ4v) is 3.78. The molecule has 2 N–H and O–H groups in total. The summed E-state index contributed by atoms with van der Waals surface area (Å²) in [5, 5.41) is 11.1. The Morgan fingerprint density at radius 3 is 2.75 bits per heavy atom. The first-order valence-electron chi connectivity index (χ1n) is 10.5. The number of nitrogens with one attached hydrogen (secondary N) is 1. The van der Waals surface area contributed by atoms with Crippen molar-refractivity contribution in [1.82, 2.24) is 29.9 Å². The molecule has 0 atom stereocenters. The molecule has 1 fully saturated rings. The van der Waals surface area contributed by atoms with Gasteiger partial charge in [0.2, 0.25) is 11.7 Å². The third kappa shape index (κ3) is 5.37. The molecule has 1 aliphatic heterocycles. The minimum absolute atomic E-state index is 0.250. The molecule has 32 heavy (non-hydrogen) atoms. The third-order valence-electron chi connectivity index (χ3n) is 5.50. The summed E-state index contributed by atoms with van der Waals surface area (Å²) in [6.45, 7) is 5.16. The zero-order valence-electron chi connectivity index (χ0n) is 17.9. The van der Waals surface area contributed by atoms with Crippen molar-refractivity contribution in [3.05, 3.63) is 65.8 Å². The molecule has 1 saturated heterocycles. The van der Waals surface area contributed by atoms with Gasteiger partial charge in [-0.25, -0.2) is 4.98 Å². The number of imidazole rings is 1. The second kappa shape index (κ2) is 10.2. The molecule has 166 valence electrons. The van der Waals surface area contributed by atoms with E-state index in [2.05, 4.69) is 61.2 Å². The van der Waals surface area contributed by atoms with Gasteiger partial charge in [-0.1, -0.05) is 29.4 Å². The van der Waals surface area contributed by atoms with Crippen LogP contribution in [0.2, 0.25) is 0 Å². The number of carbonyl (C=O) groups is 1. The van der Waals surface area contributed by atoms with E-state index >= 15 is 0 Å². The monoisotopic (exact) mass is 434 g/mol. The maximum absolute atomic E-state index is 8.36. The molecule has 5 rings (SSSR count). The average Bonchev–Trinajstić information content (AvgIpc) is 3.45. The van der Waals surface area contributed by atoms with Crippen LogP contribution in [-0.4, -0.2) is 74.7 Å². The van der Waals surface area contributed by atoms with E-state index < -0.39 is 0 Å². The first kappa shape index (κ1) is 21.7. The van der Waals surface area contributed by atoms with Crippen LogP contribution in [-0.2, 0) is 17.8 Å². The topological polar surface area (TPSA) is 111 Å². The molecular weight excluding hydrogens is 408 g/mol. The van der Waals surface area contributed by atoms with E-state index in [0.717, 1.165) is 54.9 Å². The van der Waals surface area contributed by atoms with Crippen molar-refractivity contribution in [2.24, 2.45) is 0 Å². The first-order valence-corrected chi connectivity index (χ1v) is 10.5. The van der Waals surface area contributed by atoms with Crippen molar-refractivity contribution in [2.45, 2.75) is 13.0 Å². The molecule has 3 heterocycles. The Morgan fingerprint density at radius 1 is 1.12 bits per heavy atom. The van der Waals surface area contributed by atoms with Crippen LogP contribution in [0.1, 0.15) is 17.0 Å². The van der Waals surface area contributed by atoms with Gasteiger partial charge in [0.05, 0.1) is 23.8 Å². The summed E-state index contributed by atoms with van der Waals surface area (Å²) in [6, 6.07) is 14.6. The molecule has 0 amide bonds. The van der Waals surface area contributed by atoms with Crippen LogP contribution in [0.5, 0.6) is 0 Å². The Morgan fingerprint density at radius 2 is 1.94 bits per heavy atom. The van der Waals surface area contributed by atoms with E-state index in [4.69, 9.17) is 14.4 Å². The molecule has 2 aromatic carbocycles. The minimum Gasteiger partial charge on any atom is -0.483 e. The highest BCUT2D eigenvalue weighted by atomic mass is 16.5. The maximum atomic E-state index is 8.36. The highest BCUT2D eigenvalue weighted by molar-refractivity contribution is 5.75. The van der Waals surface area contributed by atoms with Crippen molar-refractivity contribution < 1.29 is 14.4 Å². The van der Waals surface area contributed by atoms with E-state index in [1.807, 2.05) is 18.2 Å². The van der Waals surface area contributed by atoms with E-state index in [1.54, 1.807) is 6.33 Å². The van der Waals surface area contributed by atoms with Gasteiger partial charge in [-0.2, -0.15) is 4.98 Å². The number of piperazine rings is 1. The van der Waals surface area contributed by atoms with Crippen molar-refractivity contribution >= 4 is 17.5 Å². The largest absolute Gasteiger partial charge is 0.483 e. The fraction of sp³-hybridized carbons (Fsp3) is 0.304. The molecule has 0 saturated carbocycles. The minimum atomic E-state index is -0.250. The Labute approximate surface area is 185 Å². The van der Waals surface area contributed by atoms with Crippen LogP contribution in [0.15, 0.2) is 53.3 Å². The van der Waals surface area contributed by atoms with Gasteiger partial charge in [-0.15, -0.1) is 0 Å². The normalized spacial score (nSPS) is 14.8.